The topological polar surface area (TPSA) is 44.1 Å². The maximum atomic E-state index is 12.3. The van der Waals surface area contributed by atoms with E-state index in [-0.39, 0.29) is 5.78 Å². The van der Waals surface area contributed by atoms with Crippen LogP contribution >= 0.6 is 38.9 Å². The molecule has 0 N–H and O–H groups in total. The van der Waals surface area contributed by atoms with Gasteiger partial charge in [-0.3, -0.25) is 9.48 Å². The van der Waals surface area contributed by atoms with E-state index in [0.717, 1.165) is 4.47 Å². The van der Waals surface area contributed by atoms with Gasteiger partial charge >= 0.3 is 0 Å². The smallest absolute Gasteiger partial charge is 0.222 e. The zero-order valence-corrected chi connectivity index (χ0v) is 12.7. The van der Waals surface area contributed by atoms with Gasteiger partial charge in [0.1, 0.15) is 5.69 Å². The first-order valence-corrected chi connectivity index (χ1v) is 7.17. The van der Waals surface area contributed by atoms with E-state index in [1.807, 2.05) is 5.38 Å². The number of ketones is 1. The Morgan fingerprint density at radius 3 is 3.06 bits per heavy atom. The summed E-state index contributed by atoms with van der Waals surface area (Å²) in [7, 11) is 1.60. The highest BCUT2D eigenvalue weighted by molar-refractivity contribution is 9.10. The van der Waals surface area contributed by atoms with Gasteiger partial charge in [-0.05, 0) is 22.0 Å². The molecule has 0 unspecified atom stereocenters. The molecule has 0 bridgehead atoms. The molecule has 2 heterocycles. The maximum absolute atomic E-state index is 12.3. The van der Waals surface area contributed by atoms with E-state index in [0.29, 0.717) is 28.7 Å². The second-order valence-electron chi connectivity index (χ2n) is 3.52. The first kappa shape index (κ1) is 13.7. The first-order chi connectivity index (χ1) is 8.63. The average molecular weight is 350 g/mol. The Kier molecular flexibility index (Phi) is 4.55. The summed E-state index contributed by atoms with van der Waals surface area (Å²) in [4.78, 5) is 13.0. The van der Waals surface area contributed by atoms with Gasteiger partial charge < -0.3 is 4.74 Å². The van der Waals surface area contributed by atoms with Crippen LogP contribution in [0, 0.1) is 0 Å². The fourth-order valence-electron chi connectivity index (χ4n) is 1.48. The molecule has 96 valence electrons. The molecule has 0 fully saturated rings. The largest absolute Gasteiger partial charge is 0.383 e. The number of aromatic nitrogens is 2. The third-order valence-electron chi connectivity index (χ3n) is 2.31. The summed E-state index contributed by atoms with van der Waals surface area (Å²) in [5, 5.41) is 6.30. The van der Waals surface area contributed by atoms with Crippen molar-refractivity contribution in [3.63, 3.8) is 0 Å². The molecule has 0 spiro atoms. The lowest BCUT2D eigenvalue weighted by Crippen LogP contribution is -2.14. The molecular formula is C11H10BrClN2O2S. The number of methoxy groups -OCH3 is 1. The van der Waals surface area contributed by atoms with E-state index < -0.39 is 0 Å². The van der Waals surface area contributed by atoms with Crippen LogP contribution in [0.4, 0.5) is 0 Å². The number of nitrogens with zero attached hydrogens (tertiary/aromatic N) is 2. The van der Waals surface area contributed by atoms with E-state index >= 15 is 0 Å². The molecule has 18 heavy (non-hydrogen) atoms. The normalized spacial score (nSPS) is 10.8. The number of carbonyl (C=O) groups is 1. The molecule has 0 aromatic carbocycles. The molecule has 2 aromatic rings. The summed E-state index contributed by atoms with van der Waals surface area (Å²) >= 11 is 10.7. The van der Waals surface area contributed by atoms with Crippen LogP contribution in [0.15, 0.2) is 22.1 Å². The Hall–Kier alpha value is -0.690. The minimum atomic E-state index is -0.121. The molecule has 4 nitrogen and oxygen atoms in total. The van der Waals surface area contributed by atoms with Crippen LogP contribution in [0.3, 0.4) is 0 Å². The SMILES string of the molecule is COCCn1ncc(Cl)c1C(=O)c1cc(Br)cs1. The van der Waals surface area contributed by atoms with Crippen molar-refractivity contribution >= 4 is 44.7 Å². The van der Waals surface area contributed by atoms with Gasteiger partial charge in [-0.2, -0.15) is 5.10 Å². The fraction of sp³-hybridized carbons (Fsp3) is 0.273. The highest BCUT2D eigenvalue weighted by Gasteiger charge is 2.20. The first-order valence-electron chi connectivity index (χ1n) is 5.12. The summed E-state index contributed by atoms with van der Waals surface area (Å²) in [6.45, 7) is 0.975. The Balaban J connectivity index is 2.32. The standard InChI is InChI=1S/C11H10BrClN2O2S/c1-17-3-2-15-10(8(13)5-14-15)11(16)9-4-7(12)6-18-9/h4-6H,2-3H2,1H3. The number of halogens is 2. The van der Waals surface area contributed by atoms with Crippen molar-refractivity contribution in [3.05, 3.63) is 37.7 Å². The highest BCUT2D eigenvalue weighted by atomic mass is 79.9. The number of hydrogen-bond acceptors (Lipinski definition) is 4. The van der Waals surface area contributed by atoms with Crippen molar-refractivity contribution in [1.82, 2.24) is 9.78 Å². The van der Waals surface area contributed by atoms with Gasteiger partial charge in [0.15, 0.2) is 0 Å². The molecule has 0 radical (unpaired) electrons. The van der Waals surface area contributed by atoms with Crippen LogP contribution in [-0.2, 0) is 11.3 Å². The van der Waals surface area contributed by atoms with E-state index in [1.165, 1.54) is 17.5 Å². The zero-order chi connectivity index (χ0) is 13.1. The Bertz CT molecular complexity index is 567. The summed E-state index contributed by atoms with van der Waals surface area (Å²) in [5.74, 6) is -0.121. The maximum Gasteiger partial charge on any atom is 0.222 e. The molecule has 7 heteroatoms. The minimum Gasteiger partial charge on any atom is -0.383 e. The van der Waals surface area contributed by atoms with Crippen LogP contribution in [-0.4, -0.2) is 29.3 Å². The number of carbonyl (C=O) groups excluding carboxylic acids is 1. The lowest BCUT2D eigenvalue weighted by Gasteiger charge is -2.05. The van der Waals surface area contributed by atoms with Crippen LogP contribution in [0.5, 0.6) is 0 Å². The third-order valence-corrected chi connectivity index (χ3v) is 4.27. The van der Waals surface area contributed by atoms with Gasteiger partial charge in [0.25, 0.3) is 0 Å². The Labute approximate surface area is 122 Å². The molecule has 0 atom stereocenters. The zero-order valence-electron chi connectivity index (χ0n) is 9.52. The van der Waals surface area contributed by atoms with E-state index in [4.69, 9.17) is 16.3 Å². The lowest BCUT2D eigenvalue weighted by molar-refractivity contribution is 0.102. The van der Waals surface area contributed by atoms with Crippen LogP contribution in [0.1, 0.15) is 15.4 Å². The van der Waals surface area contributed by atoms with E-state index in [9.17, 15) is 4.79 Å². The average Bonchev–Trinajstić information content (AvgIpc) is 2.92. The van der Waals surface area contributed by atoms with Crippen LogP contribution in [0.2, 0.25) is 5.02 Å². The van der Waals surface area contributed by atoms with E-state index in [2.05, 4.69) is 21.0 Å². The Morgan fingerprint density at radius 1 is 1.67 bits per heavy atom. The van der Waals surface area contributed by atoms with E-state index in [1.54, 1.807) is 17.9 Å². The lowest BCUT2D eigenvalue weighted by atomic mass is 10.2. The number of rotatable bonds is 5. The molecule has 0 saturated carbocycles. The highest BCUT2D eigenvalue weighted by Crippen LogP contribution is 2.25. The summed E-state index contributed by atoms with van der Waals surface area (Å²) in [6, 6.07) is 1.77. The number of hydrogen-bond donors (Lipinski definition) is 0. The summed E-state index contributed by atoms with van der Waals surface area (Å²) < 4.78 is 7.43. The molecule has 0 saturated heterocycles. The molecule has 0 amide bonds. The Morgan fingerprint density at radius 2 is 2.44 bits per heavy atom. The third kappa shape index (κ3) is 2.83. The van der Waals surface area contributed by atoms with Gasteiger partial charge in [0, 0.05) is 17.0 Å². The number of ether oxygens (including phenoxy) is 1. The van der Waals surface area contributed by atoms with Gasteiger partial charge in [-0.1, -0.05) is 11.6 Å². The molecule has 2 aromatic heterocycles. The van der Waals surface area contributed by atoms with Crippen molar-refractivity contribution in [3.8, 4) is 0 Å². The summed E-state index contributed by atoms with van der Waals surface area (Å²) in [5.41, 5.74) is 0.406. The van der Waals surface area contributed by atoms with Gasteiger partial charge in [0.05, 0.1) is 29.2 Å². The van der Waals surface area contributed by atoms with Crippen molar-refractivity contribution in [2.45, 2.75) is 6.54 Å². The van der Waals surface area contributed by atoms with Gasteiger partial charge in [-0.25, -0.2) is 0 Å². The molecule has 2 rings (SSSR count). The predicted octanol–water partition coefficient (Wildman–Crippen LogP) is 3.24. The fourth-order valence-corrected chi connectivity index (χ4v) is 3.08. The van der Waals surface area contributed by atoms with Crippen LogP contribution < -0.4 is 0 Å². The predicted molar refractivity (Wildman–Crippen MR) is 74.6 cm³/mol. The minimum absolute atomic E-state index is 0.121. The molecule has 0 aliphatic carbocycles. The van der Waals surface area contributed by atoms with Crippen molar-refractivity contribution in [2.24, 2.45) is 0 Å². The second-order valence-corrected chi connectivity index (χ2v) is 5.75. The molecular weight excluding hydrogens is 340 g/mol. The number of thiophene rings is 1. The molecule has 0 aliphatic heterocycles. The monoisotopic (exact) mass is 348 g/mol. The van der Waals surface area contributed by atoms with Crippen molar-refractivity contribution in [1.29, 1.82) is 0 Å². The van der Waals surface area contributed by atoms with Gasteiger partial charge in [-0.15, -0.1) is 11.3 Å². The van der Waals surface area contributed by atoms with Crippen molar-refractivity contribution < 1.29 is 9.53 Å². The van der Waals surface area contributed by atoms with Crippen LogP contribution in [0.25, 0.3) is 0 Å². The van der Waals surface area contributed by atoms with Gasteiger partial charge in [0.2, 0.25) is 5.78 Å². The molecule has 0 aliphatic rings. The summed E-state index contributed by atoms with van der Waals surface area (Å²) in [6.07, 6.45) is 1.48. The second kappa shape index (κ2) is 5.97. The quantitative estimate of drug-likeness (QED) is 0.778. The van der Waals surface area contributed by atoms with Crippen molar-refractivity contribution in [2.75, 3.05) is 13.7 Å².